The molecule has 1 N–H and O–H groups in total. The van der Waals surface area contributed by atoms with Gasteiger partial charge in [0.05, 0.1) is 46.3 Å². The fraction of sp³-hybridized carbons (Fsp3) is 0.190. The molecule has 154 valence electrons. The van der Waals surface area contributed by atoms with Crippen molar-refractivity contribution in [3.63, 3.8) is 0 Å². The first kappa shape index (κ1) is 20.3. The highest BCUT2D eigenvalue weighted by atomic mass is 35.5. The first-order valence-electron chi connectivity index (χ1n) is 9.24. The first-order valence-corrected chi connectivity index (χ1v) is 10.5. The number of amides is 1. The van der Waals surface area contributed by atoms with E-state index in [0.29, 0.717) is 28.7 Å². The van der Waals surface area contributed by atoms with E-state index in [1.807, 2.05) is 25.3 Å². The Labute approximate surface area is 181 Å². The Balaban J connectivity index is 1.47. The van der Waals surface area contributed by atoms with Crippen LogP contribution in [0, 0.1) is 19.7 Å². The molecule has 0 spiro atoms. The van der Waals surface area contributed by atoms with E-state index < -0.39 is 0 Å². The van der Waals surface area contributed by atoms with Crippen molar-refractivity contribution in [2.24, 2.45) is 0 Å². The van der Waals surface area contributed by atoms with Crippen LogP contribution in [-0.4, -0.2) is 25.5 Å². The summed E-state index contributed by atoms with van der Waals surface area (Å²) in [5, 5.41) is 14.2. The summed E-state index contributed by atoms with van der Waals surface area (Å²) in [6.45, 7) is 4.80. The van der Waals surface area contributed by atoms with Crippen LogP contribution in [0.4, 0.5) is 10.1 Å². The number of nitrogens with one attached hydrogen (secondary N) is 1. The lowest BCUT2D eigenvalue weighted by Crippen LogP contribution is -2.12. The largest absolute Gasteiger partial charge is 0.318 e. The smallest absolute Gasteiger partial charge is 0.265 e. The van der Waals surface area contributed by atoms with Crippen molar-refractivity contribution in [3.8, 4) is 0 Å². The molecule has 0 fully saturated rings. The molecular formula is C21H19ClFN5OS. The third-order valence-electron chi connectivity index (χ3n) is 4.69. The highest BCUT2D eigenvalue weighted by molar-refractivity contribution is 7.12. The van der Waals surface area contributed by atoms with Crippen LogP contribution in [0.1, 0.15) is 32.2 Å². The molecule has 3 heterocycles. The number of halogens is 2. The topological polar surface area (TPSA) is 64.7 Å². The summed E-state index contributed by atoms with van der Waals surface area (Å²) in [5.41, 5.74) is 4.17. The molecule has 0 aliphatic rings. The SMILES string of the molecule is Cc1nn(Cc2ccc(F)cc2)c(C)c1NC(=O)c1cc(Cn2cc(Cl)cn2)cs1. The molecule has 0 atom stereocenters. The Morgan fingerprint density at radius 2 is 1.97 bits per heavy atom. The van der Waals surface area contributed by atoms with E-state index in [9.17, 15) is 9.18 Å². The molecule has 0 radical (unpaired) electrons. The molecule has 9 heteroatoms. The molecule has 6 nitrogen and oxygen atoms in total. The second-order valence-corrected chi connectivity index (χ2v) is 8.31. The minimum atomic E-state index is -0.272. The second-order valence-electron chi connectivity index (χ2n) is 6.96. The highest BCUT2D eigenvalue weighted by Crippen LogP contribution is 2.23. The third kappa shape index (κ3) is 4.44. The standard InChI is InChI=1S/C21H19ClFN5OS/c1-13-20(14(2)28(26-13)10-15-3-5-18(23)6-4-15)25-21(29)19-7-16(12-30-19)9-27-11-17(22)8-24-27/h3-8,11-12H,9-10H2,1-2H3,(H,25,29). The van der Waals surface area contributed by atoms with E-state index in [2.05, 4.69) is 15.5 Å². The quantitative estimate of drug-likeness (QED) is 0.461. The van der Waals surface area contributed by atoms with Crippen LogP contribution in [0.3, 0.4) is 0 Å². The zero-order valence-corrected chi connectivity index (χ0v) is 18.0. The summed E-state index contributed by atoms with van der Waals surface area (Å²) in [7, 11) is 0. The Morgan fingerprint density at radius 3 is 2.67 bits per heavy atom. The molecule has 0 bridgehead atoms. The van der Waals surface area contributed by atoms with Gasteiger partial charge in [0.25, 0.3) is 5.91 Å². The number of aryl methyl sites for hydroxylation is 1. The van der Waals surface area contributed by atoms with Crippen LogP contribution in [0.25, 0.3) is 0 Å². The van der Waals surface area contributed by atoms with E-state index in [-0.39, 0.29) is 11.7 Å². The summed E-state index contributed by atoms with van der Waals surface area (Å²) >= 11 is 7.27. The summed E-state index contributed by atoms with van der Waals surface area (Å²) in [4.78, 5) is 13.4. The first-order chi connectivity index (χ1) is 14.4. The van der Waals surface area contributed by atoms with Gasteiger partial charge in [0.2, 0.25) is 0 Å². The molecule has 1 aromatic carbocycles. The van der Waals surface area contributed by atoms with Crippen molar-refractivity contribution >= 4 is 34.5 Å². The molecular weight excluding hydrogens is 425 g/mol. The Bertz CT molecular complexity index is 1190. The van der Waals surface area contributed by atoms with E-state index in [4.69, 9.17) is 11.6 Å². The van der Waals surface area contributed by atoms with Crippen molar-refractivity contribution in [3.05, 3.63) is 86.3 Å². The van der Waals surface area contributed by atoms with Gasteiger partial charge in [0.15, 0.2) is 0 Å². The van der Waals surface area contributed by atoms with Crippen LogP contribution in [0.15, 0.2) is 48.1 Å². The third-order valence-corrected chi connectivity index (χ3v) is 5.86. The number of benzene rings is 1. The molecule has 4 aromatic rings. The Hall–Kier alpha value is -2.97. The van der Waals surface area contributed by atoms with E-state index in [1.165, 1.54) is 23.5 Å². The molecule has 1 amide bonds. The lowest BCUT2D eigenvalue weighted by atomic mass is 10.2. The van der Waals surface area contributed by atoms with Crippen molar-refractivity contribution in [1.29, 1.82) is 0 Å². The number of carbonyl (C=O) groups excluding carboxylic acids is 1. The maximum atomic E-state index is 13.1. The van der Waals surface area contributed by atoms with Gasteiger partial charge >= 0.3 is 0 Å². The van der Waals surface area contributed by atoms with E-state index in [0.717, 1.165) is 22.5 Å². The van der Waals surface area contributed by atoms with E-state index >= 15 is 0 Å². The fourth-order valence-electron chi connectivity index (χ4n) is 3.16. The van der Waals surface area contributed by atoms with Crippen LogP contribution in [-0.2, 0) is 13.1 Å². The number of hydrogen-bond donors (Lipinski definition) is 1. The number of nitrogens with zero attached hydrogens (tertiary/aromatic N) is 4. The summed E-state index contributed by atoms with van der Waals surface area (Å²) in [6.07, 6.45) is 3.32. The number of anilines is 1. The lowest BCUT2D eigenvalue weighted by Gasteiger charge is -2.07. The van der Waals surface area contributed by atoms with Gasteiger partial charge in [-0.05, 0) is 48.6 Å². The van der Waals surface area contributed by atoms with Crippen LogP contribution >= 0.6 is 22.9 Å². The maximum absolute atomic E-state index is 13.1. The molecule has 3 aromatic heterocycles. The molecule has 30 heavy (non-hydrogen) atoms. The van der Waals surface area contributed by atoms with Crippen LogP contribution < -0.4 is 5.32 Å². The number of rotatable bonds is 6. The average Bonchev–Trinajstić information content (AvgIpc) is 3.41. The Morgan fingerprint density at radius 1 is 1.20 bits per heavy atom. The molecule has 0 unspecified atom stereocenters. The zero-order valence-electron chi connectivity index (χ0n) is 16.4. The highest BCUT2D eigenvalue weighted by Gasteiger charge is 2.17. The summed E-state index contributed by atoms with van der Waals surface area (Å²) in [6, 6.07) is 8.15. The normalized spacial score (nSPS) is 11.1. The molecule has 0 saturated carbocycles. The number of thiophene rings is 1. The van der Waals surface area contributed by atoms with Gasteiger partial charge in [-0.3, -0.25) is 14.2 Å². The van der Waals surface area contributed by atoms with Gasteiger partial charge < -0.3 is 5.32 Å². The molecule has 0 aliphatic heterocycles. The van der Waals surface area contributed by atoms with Crippen LogP contribution in [0.2, 0.25) is 5.02 Å². The van der Waals surface area contributed by atoms with Gasteiger partial charge in [-0.15, -0.1) is 11.3 Å². The van der Waals surface area contributed by atoms with Crippen molar-refractivity contribution in [2.75, 3.05) is 5.32 Å². The van der Waals surface area contributed by atoms with Gasteiger partial charge in [0.1, 0.15) is 5.82 Å². The van der Waals surface area contributed by atoms with Crippen molar-refractivity contribution in [2.45, 2.75) is 26.9 Å². The number of hydrogen-bond acceptors (Lipinski definition) is 4. The summed E-state index contributed by atoms with van der Waals surface area (Å²) < 4.78 is 16.7. The zero-order chi connectivity index (χ0) is 21.3. The van der Waals surface area contributed by atoms with Gasteiger partial charge in [-0.25, -0.2) is 4.39 Å². The molecule has 4 rings (SSSR count). The van der Waals surface area contributed by atoms with Crippen molar-refractivity contribution in [1.82, 2.24) is 19.6 Å². The van der Waals surface area contributed by atoms with Crippen LogP contribution in [0.5, 0.6) is 0 Å². The second kappa shape index (κ2) is 8.41. The minimum absolute atomic E-state index is 0.183. The summed E-state index contributed by atoms with van der Waals surface area (Å²) in [5.74, 6) is -0.455. The van der Waals surface area contributed by atoms with Gasteiger partial charge in [-0.2, -0.15) is 10.2 Å². The molecule has 0 saturated heterocycles. The maximum Gasteiger partial charge on any atom is 0.265 e. The van der Waals surface area contributed by atoms with E-state index in [1.54, 1.807) is 33.9 Å². The van der Waals surface area contributed by atoms with Gasteiger partial charge in [-0.1, -0.05) is 23.7 Å². The monoisotopic (exact) mass is 443 g/mol. The predicted octanol–water partition coefficient (Wildman–Crippen LogP) is 4.90. The van der Waals surface area contributed by atoms with Crippen molar-refractivity contribution < 1.29 is 9.18 Å². The minimum Gasteiger partial charge on any atom is -0.318 e. The fourth-order valence-corrected chi connectivity index (χ4v) is 4.11. The average molecular weight is 444 g/mol. The molecule has 0 aliphatic carbocycles. The van der Waals surface area contributed by atoms with Gasteiger partial charge in [0, 0.05) is 6.20 Å². The lowest BCUT2D eigenvalue weighted by molar-refractivity contribution is 0.103. The predicted molar refractivity (Wildman–Crippen MR) is 116 cm³/mol. The Kier molecular flexibility index (Phi) is 5.69. The number of aromatic nitrogens is 4. The number of carbonyl (C=O) groups is 1.